The van der Waals surface area contributed by atoms with Crippen LogP contribution >= 0.6 is 0 Å². The third-order valence-electron chi connectivity index (χ3n) is 2.75. The first-order valence-corrected chi connectivity index (χ1v) is 5.67. The third kappa shape index (κ3) is 3.32. The van der Waals surface area contributed by atoms with E-state index in [4.69, 9.17) is 10.5 Å². The van der Waals surface area contributed by atoms with Gasteiger partial charge < -0.3 is 15.0 Å². The Balaban J connectivity index is 1.59. The zero-order valence-electron chi connectivity index (χ0n) is 9.06. The predicted octanol–water partition coefficient (Wildman–Crippen LogP) is 1.16. The molecule has 0 unspecified atom stereocenters. The first-order chi connectivity index (χ1) is 7.40. The van der Waals surface area contributed by atoms with Gasteiger partial charge in [-0.3, -0.25) is 0 Å². The molecule has 1 aliphatic carbocycles. The van der Waals surface area contributed by atoms with Crippen molar-refractivity contribution in [2.75, 3.05) is 13.2 Å². The van der Waals surface area contributed by atoms with E-state index in [2.05, 4.69) is 9.55 Å². The molecule has 0 atom stereocenters. The molecule has 84 valence electrons. The lowest BCUT2D eigenvalue weighted by molar-refractivity contribution is 0.119. The molecule has 1 fully saturated rings. The molecule has 4 nitrogen and oxygen atoms in total. The van der Waals surface area contributed by atoms with Crippen molar-refractivity contribution in [1.29, 1.82) is 0 Å². The number of rotatable bonds is 7. The average molecular weight is 209 g/mol. The van der Waals surface area contributed by atoms with Gasteiger partial charge >= 0.3 is 0 Å². The van der Waals surface area contributed by atoms with Crippen LogP contribution in [0.2, 0.25) is 0 Å². The van der Waals surface area contributed by atoms with E-state index in [-0.39, 0.29) is 0 Å². The third-order valence-corrected chi connectivity index (χ3v) is 2.75. The molecule has 0 aromatic carbocycles. The van der Waals surface area contributed by atoms with Gasteiger partial charge in [0.2, 0.25) is 0 Å². The van der Waals surface area contributed by atoms with E-state index >= 15 is 0 Å². The van der Waals surface area contributed by atoms with E-state index in [0.29, 0.717) is 6.54 Å². The largest absolute Gasteiger partial charge is 0.381 e. The molecule has 1 saturated carbocycles. The molecule has 0 radical (unpaired) electrons. The van der Waals surface area contributed by atoms with Crippen LogP contribution < -0.4 is 5.73 Å². The number of hydrogen-bond donors (Lipinski definition) is 1. The number of imidazole rings is 1. The molecule has 0 spiro atoms. The summed E-state index contributed by atoms with van der Waals surface area (Å²) in [6, 6.07) is 0. The van der Waals surface area contributed by atoms with Crippen molar-refractivity contribution in [3.63, 3.8) is 0 Å². The van der Waals surface area contributed by atoms with Gasteiger partial charge in [0.25, 0.3) is 0 Å². The van der Waals surface area contributed by atoms with Crippen molar-refractivity contribution >= 4 is 0 Å². The maximum atomic E-state index is 5.58. The smallest absolute Gasteiger partial charge is 0.0948 e. The second kappa shape index (κ2) is 5.28. The lowest BCUT2D eigenvalue weighted by atomic mass is 10.4. The van der Waals surface area contributed by atoms with E-state index in [0.717, 1.165) is 37.8 Å². The Hall–Kier alpha value is -0.870. The number of hydrogen-bond acceptors (Lipinski definition) is 3. The van der Waals surface area contributed by atoms with Gasteiger partial charge in [0.15, 0.2) is 0 Å². The monoisotopic (exact) mass is 209 g/mol. The Morgan fingerprint density at radius 2 is 2.40 bits per heavy atom. The first kappa shape index (κ1) is 10.6. The molecule has 1 aromatic rings. The van der Waals surface area contributed by atoms with Gasteiger partial charge in [-0.1, -0.05) is 0 Å². The fraction of sp³-hybridized carbons (Fsp3) is 0.727. The lowest BCUT2D eigenvalue weighted by Crippen LogP contribution is -2.08. The van der Waals surface area contributed by atoms with Gasteiger partial charge in [0.05, 0.1) is 12.0 Å². The van der Waals surface area contributed by atoms with E-state index < -0.39 is 0 Å². The molecule has 0 bridgehead atoms. The zero-order chi connectivity index (χ0) is 10.5. The van der Waals surface area contributed by atoms with Crippen LogP contribution in [0.4, 0.5) is 0 Å². The predicted molar refractivity (Wildman–Crippen MR) is 58.3 cm³/mol. The Kier molecular flexibility index (Phi) is 3.75. The fourth-order valence-electron chi connectivity index (χ4n) is 1.59. The summed E-state index contributed by atoms with van der Waals surface area (Å²) in [5, 5.41) is 0. The molecule has 1 aromatic heterocycles. The zero-order valence-corrected chi connectivity index (χ0v) is 9.06. The van der Waals surface area contributed by atoms with Crippen LogP contribution in [0.15, 0.2) is 12.5 Å². The topological polar surface area (TPSA) is 53.1 Å². The van der Waals surface area contributed by atoms with Crippen LogP contribution in [-0.2, 0) is 17.8 Å². The van der Waals surface area contributed by atoms with Gasteiger partial charge in [0, 0.05) is 32.5 Å². The molecule has 2 rings (SSSR count). The molecule has 0 saturated heterocycles. The summed E-state index contributed by atoms with van der Waals surface area (Å²) in [7, 11) is 0. The van der Waals surface area contributed by atoms with Crippen LogP contribution in [0.3, 0.4) is 0 Å². The molecule has 2 N–H and O–H groups in total. The number of nitrogens with two attached hydrogens (primary N) is 1. The Labute approximate surface area is 90.4 Å². The molecule has 0 amide bonds. The molecule has 1 heterocycles. The van der Waals surface area contributed by atoms with E-state index in [1.807, 2.05) is 12.5 Å². The van der Waals surface area contributed by atoms with Crippen molar-refractivity contribution in [1.82, 2.24) is 9.55 Å². The normalized spacial score (nSPS) is 15.8. The van der Waals surface area contributed by atoms with Crippen LogP contribution in [0, 0.1) is 5.92 Å². The van der Waals surface area contributed by atoms with Crippen molar-refractivity contribution in [3.05, 3.63) is 18.2 Å². The number of aromatic nitrogens is 2. The van der Waals surface area contributed by atoms with Crippen molar-refractivity contribution in [2.24, 2.45) is 11.7 Å². The minimum atomic E-state index is 0.558. The van der Waals surface area contributed by atoms with Crippen molar-refractivity contribution in [2.45, 2.75) is 32.4 Å². The molecule has 1 aliphatic rings. The highest BCUT2D eigenvalue weighted by Gasteiger charge is 2.20. The first-order valence-electron chi connectivity index (χ1n) is 5.67. The minimum absolute atomic E-state index is 0.558. The number of ether oxygens (including phenoxy) is 1. The second-order valence-corrected chi connectivity index (χ2v) is 4.15. The average Bonchev–Trinajstić information content (AvgIpc) is 2.96. The molecule has 15 heavy (non-hydrogen) atoms. The number of aryl methyl sites for hydroxylation is 1. The van der Waals surface area contributed by atoms with Crippen molar-refractivity contribution < 1.29 is 4.74 Å². The molecule has 4 heteroatoms. The van der Waals surface area contributed by atoms with E-state index in [1.54, 1.807) is 0 Å². The molecule has 0 aliphatic heterocycles. The summed E-state index contributed by atoms with van der Waals surface area (Å²) in [4.78, 5) is 4.07. The number of nitrogens with zero attached hydrogens (tertiary/aromatic N) is 2. The van der Waals surface area contributed by atoms with Crippen molar-refractivity contribution in [3.8, 4) is 0 Å². The summed E-state index contributed by atoms with van der Waals surface area (Å²) in [5.74, 6) is 0.859. The van der Waals surface area contributed by atoms with Gasteiger partial charge in [-0.05, 0) is 25.2 Å². The molecular formula is C11H19N3O. The quantitative estimate of drug-likeness (QED) is 0.686. The summed E-state index contributed by atoms with van der Waals surface area (Å²) >= 11 is 0. The van der Waals surface area contributed by atoms with Crippen LogP contribution in [0.1, 0.15) is 25.0 Å². The van der Waals surface area contributed by atoms with Gasteiger partial charge in [-0.15, -0.1) is 0 Å². The standard InChI is InChI=1S/C11H19N3O/c12-6-11-7-13-9-14(11)4-1-5-15-8-10-2-3-10/h7,9-10H,1-6,8,12H2. The summed E-state index contributed by atoms with van der Waals surface area (Å²) in [6.45, 7) is 3.31. The van der Waals surface area contributed by atoms with Crippen LogP contribution in [0.5, 0.6) is 0 Å². The highest BCUT2D eigenvalue weighted by molar-refractivity contribution is 4.96. The molecular weight excluding hydrogens is 190 g/mol. The summed E-state index contributed by atoms with van der Waals surface area (Å²) in [5.41, 5.74) is 6.68. The minimum Gasteiger partial charge on any atom is -0.381 e. The van der Waals surface area contributed by atoms with Crippen LogP contribution in [0.25, 0.3) is 0 Å². The highest BCUT2D eigenvalue weighted by atomic mass is 16.5. The van der Waals surface area contributed by atoms with Crippen LogP contribution in [-0.4, -0.2) is 22.8 Å². The van der Waals surface area contributed by atoms with Gasteiger partial charge in [-0.2, -0.15) is 0 Å². The van der Waals surface area contributed by atoms with E-state index in [1.165, 1.54) is 12.8 Å². The highest BCUT2D eigenvalue weighted by Crippen LogP contribution is 2.28. The summed E-state index contributed by atoms with van der Waals surface area (Å²) in [6.07, 6.45) is 7.42. The maximum Gasteiger partial charge on any atom is 0.0948 e. The van der Waals surface area contributed by atoms with E-state index in [9.17, 15) is 0 Å². The Morgan fingerprint density at radius 3 is 3.13 bits per heavy atom. The Morgan fingerprint density at radius 1 is 1.53 bits per heavy atom. The second-order valence-electron chi connectivity index (χ2n) is 4.15. The maximum absolute atomic E-state index is 5.58. The van der Waals surface area contributed by atoms with Gasteiger partial charge in [0.1, 0.15) is 0 Å². The van der Waals surface area contributed by atoms with Gasteiger partial charge in [-0.25, -0.2) is 4.98 Å². The summed E-state index contributed by atoms with van der Waals surface area (Å²) < 4.78 is 7.66. The Bertz CT molecular complexity index is 294. The lowest BCUT2D eigenvalue weighted by Gasteiger charge is -2.06. The SMILES string of the molecule is NCc1cncn1CCCOCC1CC1. The fourth-order valence-corrected chi connectivity index (χ4v) is 1.59.